The van der Waals surface area contributed by atoms with Gasteiger partial charge in [-0.05, 0) is 62.4 Å². The minimum atomic E-state index is -0.819. The van der Waals surface area contributed by atoms with Gasteiger partial charge in [0.2, 0.25) is 0 Å². The zero-order chi connectivity index (χ0) is 33.9. The summed E-state index contributed by atoms with van der Waals surface area (Å²) in [6, 6.07) is 10.7. The van der Waals surface area contributed by atoms with Crippen LogP contribution in [-0.2, 0) is 0 Å². The van der Waals surface area contributed by atoms with Crippen LogP contribution < -0.4 is 16.4 Å². The van der Waals surface area contributed by atoms with E-state index in [1.165, 1.54) is 63.6 Å². The van der Waals surface area contributed by atoms with Crippen molar-refractivity contribution in [1.29, 1.82) is 0 Å². The van der Waals surface area contributed by atoms with Crippen LogP contribution in [-0.4, -0.2) is 40.2 Å². The molecule has 0 unspecified atom stereocenters. The van der Waals surface area contributed by atoms with Gasteiger partial charge in [-0.1, -0.05) is 0 Å². The molecular weight excluding hydrogens is 567 g/mol. The number of halogens is 6. The summed E-state index contributed by atoms with van der Waals surface area (Å²) in [6.07, 6.45) is 0. The van der Waals surface area contributed by atoms with Crippen molar-refractivity contribution < 1.29 is 26.3 Å². The molecular formula is C35H37B3F6. The van der Waals surface area contributed by atoms with Crippen molar-refractivity contribution in [3.63, 3.8) is 0 Å². The van der Waals surface area contributed by atoms with E-state index in [2.05, 4.69) is 19.4 Å². The molecule has 0 saturated heterocycles. The van der Waals surface area contributed by atoms with Crippen LogP contribution in [0.2, 0.25) is 0 Å². The molecule has 4 aromatic carbocycles. The molecule has 0 aromatic heterocycles. The Bertz CT molecular complexity index is 1530. The van der Waals surface area contributed by atoms with E-state index in [-0.39, 0.29) is 22.6 Å². The van der Waals surface area contributed by atoms with Gasteiger partial charge in [-0.3, -0.25) is 0 Å². The zero-order valence-electron chi connectivity index (χ0n) is 26.7. The Morgan fingerprint density at radius 1 is 0.432 bits per heavy atom. The molecule has 0 nitrogen and oxygen atoms in total. The average molecular weight is 604 g/mol. The fraction of sp³-hybridized carbons (Fsp3) is 0.229. The summed E-state index contributed by atoms with van der Waals surface area (Å²) in [5.74, 6) is -2.97. The Hall–Kier alpha value is -3.74. The molecule has 0 aliphatic rings. The van der Waals surface area contributed by atoms with E-state index < -0.39 is 23.3 Å². The standard InChI is InChI=1S/C11H15F.2C8H7BF2.C8H8BF/c1-6-7(2)9(4)11(12)10(5)8(6)3;1-5-3-6(10)8(9-2)7(11)4-5;1-5-3-4-6(9-2)8(11)7(5)10;1-6-3-4-7(9-2)8(10)5-6/h1-5H3;2*3-4H,2H2,1H3;3-5H,2H2,1H3. The summed E-state index contributed by atoms with van der Waals surface area (Å²) in [4.78, 5) is 0. The molecule has 9 heteroatoms. The van der Waals surface area contributed by atoms with Crippen LogP contribution >= 0.6 is 0 Å². The summed E-state index contributed by atoms with van der Waals surface area (Å²) in [5.41, 5.74) is 7.47. The van der Waals surface area contributed by atoms with Crippen LogP contribution in [0.1, 0.15) is 44.5 Å². The second-order valence-electron chi connectivity index (χ2n) is 10.3. The molecule has 0 heterocycles. The molecule has 0 fully saturated rings. The monoisotopic (exact) mass is 604 g/mol. The van der Waals surface area contributed by atoms with Crippen molar-refractivity contribution in [3.05, 3.63) is 122 Å². The van der Waals surface area contributed by atoms with Gasteiger partial charge in [0.15, 0.2) is 0 Å². The first-order valence-electron chi connectivity index (χ1n) is 13.8. The van der Waals surface area contributed by atoms with Gasteiger partial charge in [-0.15, -0.1) is 0 Å². The Kier molecular flexibility index (Phi) is 15.3. The quantitative estimate of drug-likeness (QED) is 0.190. The number of benzene rings is 4. The van der Waals surface area contributed by atoms with Crippen LogP contribution in [0.3, 0.4) is 0 Å². The van der Waals surface area contributed by atoms with Gasteiger partial charge in [0, 0.05) is 0 Å². The predicted octanol–water partition coefficient (Wildman–Crippen LogP) is 6.33. The van der Waals surface area contributed by atoms with Gasteiger partial charge in [0.1, 0.15) is 5.82 Å². The van der Waals surface area contributed by atoms with Crippen LogP contribution in [0.25, 0.3) is 0 Å². The van der Waals surface area contributed by atoms with Gasteiger partial charge in [0.05, 0.1) is 0 Å². The first-order chi connectivity index (χ1) is 20.5. The first-order valence-corrected chi connectivity index (χ1v) is 13.8. The van der Waals surface area contributed by atoms with E-state index in [0.29, 0.717) is 16.6 Å². The van der Waals surface area contributed by atoms with E-state index in [9.17, 15) is 26.3 Å². The Morgan fingerprint density at radius 2 is 0.864 bits per heavy atom. The molecule has 0 radical (unpaired) electrons. The molecule has 4 rings (SSSR count). The molecule has 0 saturated carbocycles. The molecule has 0 aliphatic carbocycles. The van der Waals surface area contributed by atoms with Crippen molar-refractivity contribution in [2.24, 2.45) is 0 Å². The molecule has 4 aromatic rings. The topological polar surface area (TPSA) is 0 Å². The van der Waals surface area contributed by atoms with E-state index in [1.807, 2.05) is 47.6 Å². The normalized spacial score (nSPS) is 9.59. The Labute approximate surface area is 259 Å². The third-order valence-electron chi connectivity index (χ3n) is 7.24. The summed E-state index contributed by atoms with van der Waals surface area (Å²) in [5, 5.41) is 0. The minimum absolute atomic E-state index is 0.0457. The Morgan fingerprint density at radius 3 is 1.30 bits per heavy atom. The summed E-state index contributed by atoms with van der Waals surface area (Å²) >= 11 is 0. The van der Waals surface area contributed by atoms with Crippen molar-refractivity contribution in [2.75, 3.05) is 0 Å². The molecule has 0 amide bonds. The predicted molar refractivity (Wildman–Crippen MR) is 181 cm³/mol. The smallest absolute Gasteiger partial charge is 0.129 e. The van der Waals surface area contributed by atoms with E-state index in [1.54, 1.807) is 13.0 Å². The maximum atomic E-state index is 13.4. The molecule has 0 atom stereocenters. The number of hydrogen-bond donors (Lipinski definition) is 0. The Balaban J connectivity index is 0.000000294. The van der Waals surface area contributed by atoms with Gasteiger partial charge in [0.25, 0.3) is 0 Å². The SMILES string of the molecule is C=Bc1c(F)cc(C)cc1F.C=Bc1ccc(C)c(F)c1F.C=Bc1ccc(C)cc1F.Cc1c(C)c(C)c(F)c(C)c1C. The van der Waals surface area contributed by atoms with Gasteiger partial charge in [-0.2, -0.15) is 0 Å². The molecule has 0 aliphatic heterocycles. The summed E-state index contributed by atoms with van der Waals surface area (Å²) in [6.45, 7) is 28.8. The minimum Gasteiger partial charge on any atom is -0.206 e. The maximum absolute atomic E-state index is 13.4. The fourth-order valence-corrected chi connectivity index (χ4v) is 3.98. The zero-order valence-corrected chi connectivity index (χ0v) is 26.7. The van der Waals surface area contributed by atoms with E-state index in [0.717, 1.165) is 27.8 Å². The molecule has 0 spiro atoms. The second-order valence-corrected chi connectivity index (χ2v) is 10.3. The summed E-state index contributed by atoms with van der Waals surface area (Å²) < 4.78 is 77.4. The number of hydrogen-bond acceptors (Lipinski definition) is 0. The molecule has 0 N–H and O–H groups in total. The van der Waals surface area contributed by atoms with Crippen LogP contribution in [0, 0.1) is 90.3 Å². The van der Waals surface area contributed by atoms with Crippen molar-refractivity contribution in [3.8, 4) is 0 Å². The van der Waals surface area contributed by atoms with Crippen LogP contribution in [0.15, 0.2) is 42.5 Å². The average Bonchev–Trinajstić information content (AvgIpc) is 2.98. The van der Waals surface area contributed by atoms with Crippen LogP contribution in [0.4, 0.5) is 26.3 Å². The van der Waals surface area contributed by atoms with Crippen molar-refractivity contribution >= 4 is 56.6 Å². The second kappa shape index (κ2) is 17.5. The van der Waals surface area contributed by atoms with Crippen molar-refractivity contribution in [2.45, 2.75) is 55.4 Å². The number of rotatable bonds is 3. The van der Waals surface area contributed by atoms with E-state index in [4.69, 9.17) is 0 Å². The van der Waals surface area contributed by atoms with Gasteiger partial charge < -0.3 is 0 Å². The van der Waals surface area contributed by atoms with E-state index >= 15 is 0 Å². The maximum Gasteiger partial charge on any atom is 0.129 e. The van der Waals surface area contributed by atoms with Gasteiger partial charge in [-0.25, -0.2) is 4.39 Å². The van der Waals surface area contributed by atoms with Gasteiger partial charge >= 0.3 is 188 Å². The largest absolute Gasteiger partial charge is 0.206 e. The molecule has 228 valence electrons. The number of aryl methyl sites for hydroxylation is 3. The molecule has 0 bridgehead atoms. The third kappa shape index (κ3) is 10.2. The van der Waals surface area contributed by atoms with Crippen molar-refractivity contribution in [1.82, 2.24) is 0 Å². The van der Waals surface area contributed by atoms with Crippen LogP contribution in [0.5, 0.6) is 0 Å². The molecule has 44 heavy (non-hydrogen) atoms. The summed E-state index contributed by atoms with van der Waals surface area (Å²) in [7, 11) is 0. The first kappa shape index (κ1) is 38.3. The fourth-order valence-electron chi connectivity index (χ4n) is 3.98. The third-order valence-corrected chi connectivity index (χ3v) is 7.24.